The molecule has 0 aromatic heterocycles. The molecule has 1 aromatic carbocycles. The van der Waals surface area contributed by atoms with Crippen molar-refractivity contribution in [3.63, 3.8) is 0 Å². The normalized spacial score (nSPS) is 18.0. The summed E-state index contributed by atoms with van der Waals surface area (Å²) in [6.45, 7) is 4.60. The van der Waals surface area contributed by atoms with Crippen LogP contribution in [0.3, 0.4) is 0 Å². The van der Waals surface area contributed by atoms with Gasteiger partial charge in [-0.2, -0.15) is 0 Å². The molecule has 0 unspecified atom stereocenters. The van der Waals surface area contributed by atoms with Crippen molar-refractivity contribution in [2.24, 2.45) is 0 Å². The largest absolute Gasteiger partial charge is 0.348 e. The topological polar surface area (TPSA) is 32.3 Å². The molecular weight excluding hydrogens is 260 g/mol. The Kier molecular flexibility index (Phi) is 5.23. The molecule has 1 aliphatic rings. The average Bonchev–Trinajstić information content (AvgIpc) is 2.40. The maximum absolute atomic E-state index is 12.0. The summed E-state index contributed by atoms with van der Waals surface area (Å²) in [6, 6.07) is 7.63. The number of carbonyl (C=O) groups is 1. The number of hydrogen-bond acceptors (Lipinski definition) is 2. The first-order valence-electron chi connectivity index (χ1n) is 6.92. The minimum atomic E-state index is 0.0227. The van der Waals surface area contributed by atoms with Crippen molar-refractivity contribution in [3.8, 4) is 0 Å². The molecule has 2 rings (SSSR count). The van der Waals surface area contributed by atoms with Gasteiger partial charge in [0.1, 0.15) is 0 Å². The number of nitrogens with one attached hydrogen (secondary N) is 1. The van der Waals surface area contributed by atoms with Crippen LogP contribution in [0.15, 0.2) is 24.3 Å². The Balaban J connectivity index is 1.82. The quantitative estimate of drug-likeness (QED) is 0.920. The molecule has 4 heteroatoms. The molecule has 1 N–H and O–H groups in total. The predicted octanol–water partition coefficient (Wildman–Crippen LogP) is 3.00. The minimum absolute atomic E-state index is 0.0227. The third-order valence-corrected chi connectivity index (χ3v) is 3.82. The number of amides is 1. The fourth-order valence-electron chi connectivity index (χ4n) is 2.44. The minimum Gasteiger partial charge on any atom is -0.348 e. The van der Waals surface area contributed by atoms with Gasteiger partial charge in [0, 0.05) is 5.02 Å². The number of nitrogens with zero attached hydrogens (tertiary/aromatic N) is 1. The fraction of sp³-hybridized carbons (Fsp3) is 0.533. The molecule has 1 atom stereocenters. The second-order valence-electron chi connectivity index (χ2n) is 5.18. The lowest BCUT2D eigenvalue weighted by Gasteiger charge is -2.26. The zero-order chi connectivity index (χ0) is 13.7. The van der Waals surface area contributed by atoms with E-state index in [-0.39, 0.29) is 11.9 Å². The Morgan fingerprint density at radius 3 is 2.53 bits per heavy atom. The molecule has 1 saturated heterocycles. The van der Waals surface area contributed by atoms with Crippen LogP contribution in [-0.4, -0.2) is 30.4 Å². The average molecular weight is 281 g/mol. The molecule has 1 aliphatic heterocycles. The van der Waals surface area contributed by atoms with Crippen LogP contribution in [0.2, 0.25) is 5.02 Å². The van der Waals surface area contributed by atoms with E-state index in [4.69, 9.17) is 11.6 Å². The zero-order valence-corrected chi connectivity index (χ0v) is 12.1. The molecule has 1 amide bonds. The van der Waals surface area contributed by atoms with Crippen LogP contribution in [0.1, 0.15) is 37.8 Å². The van der Waals surface area contributed by atoms with E-state index in [2.05, 4.69) is 10.2 Å². The molecular formula is C15H21ClN2O. The molecule has 0 saturated carbocycles. The van der Waals surface area contributed by atoms with Crippen LogP contribution in [0.5, 0.6) is 0 Å². The molecule has 1 fully saturated rings. The van der Waals surface area contributed by atoms with Gasteiger partial charge in [0.25, 0.3) is 0 Å². The fourth-order valence-corrected chi connectivity index (χ4v) is 2.57. The van der Waals surface area contributed by atoms with Crippen molar-refractivity contribution >= 4 is 17.5 Å². The van der Waals surface area contributed by atoms with E-state index in [0.717, 1.165) is 23.7 Å². The number of rotatable bonds is 4. The van der Waals surface area contributed by atoms with Gasteiger partial charge in [-0.1, -0.05) is 30.2 Å². The summed E-state index contributed by atoms with van der Waals surface area (Å²) in [5.74, 6) is 0.101. The summed E-state index contributed by atoms with van der Waals surface area (Å²) in [5, 5.41) is 3.76. The summed E-state index contributed by atoms with van der Waals surface area (Å²) in [4.78, 5) is 14.2. The Morgan fingerprint density at radius 1 is 1.26 bits per heavy atom. The molecule has 0 bridgehead atoms. The maximum atomic E-state index is 12.0. The third kappa shape index (κ3) is 4.51. The first-order valence-corrected chi connectivity index (χ1v) is 7.30. The standard InChI is InChI=1S/C15H21ClN2O/c1-12(13-5-7-14(16)8-6-13)17-15(19)11-18-9-3-2-4-10-18/h5-8,12H,2-4,9-11H2,1H3,(H,17,19)/t12-/m0/s1. The highest BCUT2D eigenvalue weighted by atomic mass is 35.5. The van der Waals surface area contributed by atoms with Crippen LogP contribution >= 0.6 is 11.6 Å². The second kappa shape index (κ2) is 6.92. The molecule has 1 heterocycles. The van der Waals surface area contributed by atoms with Crippen LogP contribution in [0, 0.1) is 0 Å². The molecule has 1 aromatic rings. The van der Waals surface area contributed by atoms with Crippen molar-refractivity contribution in [3.05, 3.63) is 34.9 Å². The Hall–Kier alpha value is -1.06. The van der Waals surface area contributed by atoms with E-state index in [0.29, 0.717) is 6.54 Å². The summed E-state index contributed by atoms with van der Waals surface area (Å²) in [5.41, 5.74) is 1.08. The van der Waals surface area contributed by atoms with Gasteiger partial charge in [0.15, 0.2) is 0 Å². The van der Waals surface area contributed by atoms with Crippen molar-refractivity contribution in [2.75, 3.05) is 19.6 Å². The smallest absolute Gasteiger partial charge is 0.234 e. The predicted molar refractivity (Wildman–Crippen MR) is 78.3 cm³/mol. The van der Waals surface area contributed by atoms with Gasteiger partial charge in [-0.3, -0.25) is 9.69 Å². The van der Waals surface area contributed by atoms with Crippen molar-refractivity contribution in [1.82, 2.24) is 10.2 Å². The second-order valence-corrected chi connectivity index (χ2v) is 5.61. The van der Waals surface area contributed by atoms with Crippen molar-refractivity contribution in [2.45, 2.75) is 32.2 Å². The summed E-state index contributed by atoms with van der Waals surface area (Å²) in [6.07, 6.45) is 3.71. The lowest BCUT2D eigenvalue weighted by atomic mass is 10.1. The molecule has 0 radical (unpaired) electrons. The van der Waals surface area contributed by atoms with Crippen molar-refractivity contribution in [1.29, 1.82) is 0 Å². The van der Waals surface area contributed by atoms with E-state index < -0.39 is 0 Å². The third-order valence-electron chi connectivity index (χ3n) is 3.56. The monoisotopic (exact) mass is 280 g/mol. The van der Waals surface area contributed by atoms with Crippen molar-refractivity contribution < 1.29 is 4.79 Å². The number of benzene rings is 1. The Labute approximate surface area is 119 Å². The Bertz CT molecular complexity index is 413. The summed E-state index contributed by atoms with van der Waals surface area (Å²) in [7, 11) is 0. The van der Waals surface area contributed by atoms with Crippen LogP contribution in [-0.2, 0) is 4.79 Å². The number of halogens is 1. The maximum Gasteiger partial charge on any atom is 0.234 e. The highest BCUT2D eigenvalue weighted by Gasteiger charge is 2.15. The first kappa shape index (κ1) is 14.4. The van der Waals surface area contributed by atoms with E-state index in [9.17, 15) is 4.79 Å². The summed E-state index contributed by atoms with van der Waals surface area (Å²) < 4.78 is 0. The van der Waals surface area contributed by atoms with E-state index in [1.54, 1.807) is 0 Å². The molecule has 0 aliphatic carbocycles. The number of likely N-dealkylation sites (tertiary alicyclic amines) is 1. The van der Waals surface area contributed by atoms with Gasteiger partial charge in [0.2, 0.25) is 5.91 Å². The highest BCUT2D eigenvalue weighted by Crippen LogP contribution is 2.16. The van der Waals surface area contributed by atoms with Gasteiger partial charge >= 0.3 is 0 Å². The van der Waals surface area contributed by atoms with Gasteiger partial charge in [-0.05, 0) is 50.6 Å². The van der Waals surface area contributed by atoms with Gasteiger partial charge < -0.3 is 5.32 Å². The van der Waals surface area contributed by atoms with Crippen LogP contribution < -0.4 is 5.32 Å². The van der Waals surface area contributed by atoms with Crippen LogP contribution in [0.4, 0.5) is 0 Å². The molecule has 0 spiro atoms. The van der Waals surface area contributed by atoms with Gasteiger partial charge in [-0.25, -0.2) is 0 Å². The van der Waals surface area contributed by atoms with Crippen LogP contribution in [0.25, 0.3) is 0 Å². The number of piperidine rings is 1. The van der Waals surface area contributed by atoms with E-state index >= 15 is 0 Å². The SMILES string of the molecule is C[C@H](NC(=O)CN1CCCCC1)c1ccc(Cl)cc1. The summed E-state index contributed by atoms with van der Waals surface area (Å²) >= 11 is 5.86. The van der Waals surface area contributed by atoms with Gasteiger partial charge in [-0.15, -0.1) is 0 Å². The number of hydrogen-bond donors (Lipinski definition) is 1. The molecule has 3 nitrogen and oxygen atoms in total. The van der Waals surface area contributed by atoms with Gasteiger partial charge in [0.05, 0.1) is 12.6 Å². The lowest BCUT2D eigenvalue weighted by Crippen LogP contribution is -2.40. The number of carbonyl (C=O) groups excluding carboxylic acids is 1. The molecule has 19 heavy (non-hydrogen) atoms. The zero-order valence-electron chi connectivity index (χ0n) is 11.4. The van der Waals surface area contributed by atoms with E-state index in [1.807, 2.05) is 31.2 Å². The first-order chi connectivity index (χ1) is 9.15. The molecule has 104 valence electrons. The van der Waals surface area contributed by atoms with E-state index in [1.165, 1.54) is 19.3 Å². The lowest BCUT2D eigenvalue weighted by molar-refractivity contribution is -0.123. The highest BCUT2D eigenvalue weighted by molar-refractivity contribution is 6.30. The Morgan fingerprint density at radius 2 is 1.89 bits per heavy atom.